The first-order valence-corrected chi connectivity index (χ1v) is 9.94. The normalized spacial score (nSPS) is 15.0. The summed E-state index contributed by atoms with van der Waals surface area (Å²) in [5.41, 5.74) is 4.79. The van der Waals surface area contributed by atoms with Gasteiger partial charge in [-0.25, -0.2) is 9.97 Å². The van der Waals surface area contributed by atoms with Crippen molar-refractivity contribution < 1.29 is 0 Å². The van der Waals surface area contributed by atoms with Crippen molar-refractivity contribution in [3.63, 3.8) is 0 Å². The number of nitriles is 1. The molecular weight excluding hydrogens is 360 g/mol. The van der Waals surface area contributed by atoms with E-state index in [0.29, 0.717) is 11.6 Å². The molecule has 0 amide bonds. The molecule has 0 bridgehead atoms. The third kappa shape index (κ3) is 4.76. The molecule has 0 aliphatic carbocycles. The number of hydrogen-bond acceptors (Lipinski definition) is 6. The van der Waals surface area contributed by atoms with Crippen LogP contribution in [-0.2, 0) is 6.54 Å². The van der Waals surface area contributed by atoms with E-state index in [-0.39, 0.29) is 0 Å². The molecule has 3 aromatic heterocycles. The number of nitrogens with one attached hydrogen (secondary N) is 1. The van der Waals surface area contributed by atoms with Gasteiger partial charge >= 0.3 is 0 Å². The Morgan fingerprint density at radius 1 is 1.10 bits per heavy atom. The number of aryl methyl sites for hydroxylation is 1. The Bertz CT molecular complexity index is 1000. The fraction of sp³-hybridized carbons (Fsp3) is 0.304. The van der Waals surface area contributed by atoms with Crippen LogP contribution in [0.2, 0.25) is 0 Å². The van der Waals surface area contributed by atoms with E-state index in [0.717, 1.165) is 49.7 Å². The van der Waals surface area contributed by atoms with Crippen molar-refractivity contribution in [2.45, 2.75) is 32.2 Å². The molecule has 0 spiro atoms. The predicted molar refractivity (Wildman–Crippen MR) is 113 cm³/mol. The molecule has 4 heterocycles. The van der Waals surface area contributed by atoms with Gasteiger partial charge in [0.25, 0.3) is 0 Å². The number of piperidine rings is 1. The van der Waals surface area contributed by atoms with E-state index in [9.17, 15) is 0 Å². The standard InChI is InChI=1S/C23H24N6/c1-17-4-3-11-25-22(17)16-29-12-9-18(10-13-29)21-5-2-6-23(28-21)27-20-8-7-19(14-24)26-15-20/h2-8,11,15,18H,9-10,12-13,16H2,1H3,(H,27,28). The molecule has 0 aromatic carbocycles. The predicted octanol–water partition coefficient (Wildman–Crippen LogP) is 4.17. The number of likely N-dealkylation sites (tertiary alicyclic amines) is 1. The average molecular weight is 384 g/mol. The summed E-state index contributed by atoms with van der Waals surface area (Å²) in [6.45, 7) is 5.15. The molecule has 1 N–H and O–H groups in total. The highest BCUT2D eigenvalue weighted by Gasteiger charge is 2.22. The summed E-state index contributed by atoms with van der Waals surface area (Å²) in [5, 5.41) is 12.1. The van der Waals surface area contributed by atoms with Crippen LogP contribution >= 0.6 is 0 Å². The maximum absolute atomic E-state index is 8.86. The van der Waals surface area contributed by atoms with Gasteiger partial charge in [0.15, 0.2) is 0 Å². The number of anilines is 2. The van der Waals surface area contributed by atoms with Crippen LogP contribution in [-0.4, -0.2) is 32.9 Å². The lowest BCUT2D eigenvalue weighted by Crippen LogP contribution is -2.33. The summed E-state index contributed by atoms with van der Waals surface area (Å²) in [4.78, 5) is 15.9. The first-order chi connectivity index (χ1) is 14.2. The summed E-state index contributed by atoms with van der Waals surface area (Å²) < 4.78 is 0. The number of pyridine rings is 3. The van der Waals surface area contributed by atoms with Crippen molar-refractivity contribution in [3.05, 3.63) is 77.5 Å². The van der Waals surface area contributed by atoms with Crippen molar-refractivity contribution in [1.82, 2.24) is 19.9 Å². The van der Waals surface area contributed by atoms with Crippen LogP contribution in [0.4, 0.5) is 11.5 Å². The SMILES string of the molecule is Cc1cccnc1CN1CCC(c2cccc(Nc3ccc(C#N)nc3)n2)CC1. The zero-order valence-corrected chi connectivity index (χ0v) is 16.5. The van der Waals surface area contributed by atoms with E-state index in [2.05, 4.69) is 39.2 Å². The Morgan fingerprint density at radius 2 is 1.97 bits per heavy atom. The van der Waals surface area contributed by atoms with Crippen LogP contribution in [0, 0.1) is 18.3 Å². The molecule has 0 radical (unpaired) electrons. The van der Waals surface area contributed by atoms with Gasteiger partial charge < -0.3 is 5.32 Å². The minimum Gasteiger partial charge on any atom is -0.339 e. The second-order valence-electron chi connectivity index (χ2n) is 7.43. The molecule has 0 unspecified atom stereocenters. The summed E-state index contributed by atoms with van der Waals surface area (Å²) in [7, 11) is 0. The van der Waals surface area contributed by atoms with Crippen molar-refractivity contribution in [3.8, 4) is 6.07 Å². The lowest BCUT2D eigenvalue weighted by atomic mass is 9.93. The minimum absolute atomic E-state index is 0.407. The van der Waals surface area contributed by atoms with Gasteiger partial charge in [-0.15, -0.1) is 0 Å². The monoisotopic (exact) mass is 384 g/mol. The molecular formula is C23H24N6. The summed E-state index contributed by atoms with van der Waals surface area (Å²) >= 11 is 0. The molecule has 1 aliphatic heterocycles. The van der Waals surface area contributed by atoms with E-state index in [1.807, 2.05) is 36.5 Å². The third-order valence-electron chi connectivity index (χ3n) is 5.42. The highest BCUT2D eigenvalue weighted by atomic mass is 15.1. The van der Waals surface area contributed by atoms with Crippen molar-refractivity contribution in [2.75, 3.05) is 18.4 Å². The van der Waals surface area contributed by atoms with Gasteiger partial charge in [0.2, 0.25) is 0 Å². The largest absolute Gasteiger partial charge is 0.339 e. The summed E-state index contributed by atoms with van der Waals surface area (Å²) in [6.07, 6.45) is 5.73. The van der Waals surface area contributed by atoms with E-state index in [1.165, 1.54) is 11.3 Å². The third-order valence-corrected chi connectivity index (χ3v) is 5.42. The first-order valence-electron chi connectivity index (χ1n) is 9.94. The van der Waals surface area contributed by atoms with Crippen LogP contribution in [0.3, 0.4) is 0 Å². The van der Waals surface area contributed by atoms with Gasteiger partial charge in [-0.2, -0.15) is 5.26 Å². The van der Waals surface area contributed by atoms with Crippen molar-refractivity contribution in [2.24, 2.45) is 0 Å². The molecule has 1 fully saturated rings. The molecule has 146 valence electrons. The number of nitrogens with zero attached hydrogens (tertiary/aromatic N) is 5. The van der Waals surface area contributed by atoms with Gasteiger partial charge in [0.1, 0.15) is 17.6 Å². The van der Waals surface area contributed by atoms with E-state index in [1.54, 1.807) is 12.3 Å². The molecule has 0 atom stereocenters. The lowest BCUT2D eigenvalue weighted by molar-refractivity contribution is 0.201. The Balaban J connectivity index is 1.36. The van der Waals surface area contributed by atoms with Crippen molar-refractivity contribution in [1.29, 1.82) is 5.26 Å². The molecule has 1 saturated heterocycles. The smallest absolute Gasteiger partial charge is 0.140 e. The maximum atomic E-state index is 8.86. The van der Waals surface area contributed by atoms with Crippen molar-refractivity contribution >= 4 is 11.5 Å². The van der Waals surface area contributed by atoms with Crippen LogP contribution in [0.5, 0.6) is 0 Å². The number of aromatic nitrogens is 3. The Labute approximate surface area is 171 Å². The summed E-state index contributed by atoms with van der Waals surface area (Å²) in [5.74, 6) is 1.28. The van der Waals surface area contributed by atoms with Gasteiger partial charge in [-0.05, 0) is 68.8 Å². The number of rotatable bonds is 5. The maximum Gasteiger partial charge on any atom is 0.140 e. The van der Waals surface area contributed by atoms with E-state index >= 15 is 0 Å². The Hall–Kier alpha value is -3.30. The van der Waals surface area contributed by atoms with Crippen LogP contribution in [0.25, 0.3) is 0 Å². The Morgan fingerprint density at radius 3 is 2.69 bits per heavy atom. The fourth-order valence-electron chi connectivity index (χ4n) is 3.71. The highest BCUT2D eigenvalue weighted by molar-refractivity contribution is 5.55. The van der Waals surface area contributed by atoms with E-state index in [4.69, 9.17) is 10.2 Å². The molecule has 3 aromatic rings. The minimum atomic E-state index is 0.407. The molecule has 1 aliphatic rings. The number of hydrogen-bond donors (Lipinski definition) is 1. The van der Waals surface area contributed by atoms with Crippen LogP contribution < -0.4 is 5.32 Å². The average Bonchev–Trinajstić information content (AvgIpc) is 2.77. The van der Waals surface area contributed by atoms with Crippen LogP contribution in [0.1, 0.15) is 41.4 Å². The first kappa shape index (κ1) is 19.0. The van der Waals surface area contributed by atoms with E-state index < -0.39 is 0 Å². The van der Waals surface area contributed by atoms with Gasteiger partial charge in [0, 0.05) is 24.4 Å². The van der Waals surface area contributed by atoms with Crippen LogP contribution in [0.15, 0.2) is 54.9 Å². The van der Waals surface area contributed by atoms with Gasteiger partial charge in [-0.3, -0.25) is 9.88 Å². The van der Waals surface area contributed by atoms with Gasteiger partial charge in [0.05, 0.1) is 17.6 Å². The lowest BCUT2D eigenvalue weighted by Gasteiger charge is -2.31. The molecule has 29 heavy (non-hydrogen) atoms. The molecule has 0 saturated carbocycles. The highest BCUT2D eigenvalue weighted by Crippen LogP contribution is 2.28. The Kier molecular flexibility index (Phi) is 5.78. The topological polar surface area (TPSA) is 77.7 Å². The summed E-state index contributed by atoms with van der Waals surface area (Å²) in [6, 6.07) is 15.8. The molecule has 6 nitrogen and oxygen atoms in total. The quantitative estimate of drug-likeness (QED) is 0.711. The second kappa shape index (κ2) is 8.80. The zero-order chi connectivity index (χ0) is 20.1. The second-order valence-corrected chi connectivity index (χ2v) is 7.43. The fourth-order valence-corrected chi connectivity index (χ4v) is 3.71. The molecule has 4 rings (SSSR count). The van der Waals surface area contributed by atoms with Gasteiger partial charge in [-0.1, -0.05) is 12.1 Å². The molecule has 6 heteroatoms. The zero-order valence-electron chi connectivity index (χ0n) is 16.5.